The van der Waals surface area contributed by atoms with Crippen LogP contribution in [0.2, 0.25) is 0 Å². The van der Waals surface area contributed by atoms with E-state index in [1.165, 1.54) is 13.8 Å². The van der Waals surface area contributed by atoms with Crippen molar-refractivity contribution in [3.63, 3.8) is 0 Å². The maximum Gasteiger partial charge on any atom is 0.223 e. The minimum absolute atomic E-state index is 0. The standard InChI is InChI=1S/C4H7NO2.2H2O/c1-3(6)5-4(2)7;;/h1-2H3,(H,5,6,7);2*1H2. The van der Waals surface area contributed by atoms with Crippen LogP contribution in [0, 0.1) is 0 Å². The fourth-order valence-corrected chi connectivity index (χ4v) is 0.248. The van der Waals surface area contributed by atoms with Crippen LogP contribution < -0.4 is 5.32 Å². The molecule has 0 aromatic heterocycles. The van der Waals surface area contributed by atoms with Crippen LogP contribution in [0.3, 0.4) is 0 Å². The van der Waals surface area contributed by atoms with Crippen molar-refractivity contribution in [3.05, 3.63) is 0 Å². The Kier molecular flexibility index (Phi) is 12.3. The summed E-state index contributed by atoms with van der Waals surface area (Å²) in [5.74, 6) is -0.625. The van der Waals surface area contributed by atoms with E-state index in [9.17, 15) is 9.59 Å². The molecule has 5 N–H and O–H groups in total. The molecule has 0 aliphatic carbocycles. The van der Waals surface area contributed by atoms with Crippen LogP contribution in [0.5, 0.6) is 0 Å². The third-order valence-corrected chi connectivity index (χ3v) is 0.352. The first kappa shape index (κ1) is 15.7. The Morgan fingerprint density at radius 3 is 1.22 bits per heavy atom. The van der Waals surface area contributed by atoms with E-state index >= 15 is 0 Å². The number of hydrogen-bond donors (Lipinski definition) is 1. The number of carbonyl (C=O) groups excluding carboxylic acids is 2. The molecule has 0 aliphatic rings. The third-order valence-electron chi connectivity index (χ3n) is 0.352. The highest BCUT2D eigenvalue weighted by atomic mass is 16.2. The molecule has 5 nitrogen and oxygen atoms in total. The molecule has 56 valence electrons. The number of imide groups is 1. The summed E-state index contributed by atoms with van der Waals surface area (Å²) < 4.78 is 0. The van der Waals surface area contributed by atoms with Gasteiger partial charge in [0.05, 0.1) is 0 Å². The fourth-order valence-electron chi connectivity index (χ4n) is 0.248. The van der Waals surface area contributed by atoms with Crippen LogP contribution in [-0.4, -0.2) is 22.8 Å². The monoisotopic (exact) mass is 137 g/mol. The van der Waals surface area contributed by atoms with Gasteiger partial charge in [-0.1, -0.05) is 0 Å². The minimum atomic E-state index is -0.312. The van der Waals surface area contributed by atoms with E-state index < -0.39 is 0 Å². The predicted molar refractivity (Wildman–Crippen MR) is 31.7 cm³/mol. The number of amides is 2. The van der Waals surface area contributed by atoms with Crippen LogP contribution in [0.25, 0.3) is 0 Å². The van der Waals surface area contributed by atoms with Gasteiger partial charge >= 0.3 is 0 Å². The lowest BCUT2D eigenvalue weighted by Crippen LogP contribution is -2.24. The fraction of sp³-hybridized carbons (Fsp3) is 0.500. The van der Waals surface area contributed by atoms with Gasteiger partial charge in [-0.3, -0.25) is 14.9 Å². The summed E-state index contributed by atoms with van der Waals surface area (Å²) in [6.07, 6.45) is 0. The van der Waals surface area contributed by atoms with Crippen LogP contribution in [0.4, 0.5) is 0 Å². The number of hydrogen-bond acceptors (Lipinski definition) is 2. The molecular weight excluding hydrogens is 126 g/mol. The lowest BCUT2D eigenvalue weighted by Gasteiger charge is -1.88. The van der Waals surface area contributed by atoms with Gasteiger partial charge < -0.3 is 11.0 Å². The largest absolute Gasteiger partial charge is 0.412 e. The molecule has 5 heteroatoms. The SMILES string of the molecule is CC(=O)NC(C)=O.O.O. The van der Waals surface area contributed by atoms with Crippen molar-refractivity contribution in [1.29, 1.82) is 0 Å². The van der Waals surface area contributed by atoms with Gasteiger partial charge in [-0.25, -0.2) is 0 Å². The van der Waals surface area contributed by atoms with Gasteiger partial charge in [-0.2, -0.15) is 0 Å². The Morgan fingerprint density at radius 2 is 1.22 bits per heavy atom. The quantitative estimate of drug-likeness (QED) is 0.417. The molecule has 0 rings (SSSR count). The van der Waals surface area contributed by atoms with Gasteiger partial charge in [-0.05, 0) is 0 Å². The second-order valence-corrected chi connectivity index (χ2v) is 1.24. The molecular formula is C4H11NO4. The average molecular weight is 137 g/mol. The Labute approximate surface area is 52.7 Å². The van der Waals surface area contributed by atoms with Gasteiger partial charge in [0, 0.05) is 13.8 Å². The maximum absolute atomic E-state index is 9.92. The molecule has 0 aliphatic heterocycles. The maximum atomic E-state index is 9.92. The first-order valence-corrected chi connectivity index (χ1v) is 1.91. The van der Waals surface area contributed by atoms with E-state index in [2.05, 4.69) is 0 Å². The first-order valence-electron chi connectivity index (χ1n) is 1.91. The Morgan fingerprint density at radius 1 is 1.00 bits per heavy atom. The molecule has 0 radical (unpaired) electrons. The Balaban J connectivity index is -0.000000180. The van der Waals surface area contributed by atoms with Crippen molar-refractivity contribution in [2.75, 3.05) is 0 Å². The summed E-state index contributed by atoms with van der Waals surface area (Å²) in [6.45, 7) is 2.59. The lowest BCUT2D eigenvalue weighted by molar-refractivity contribution is -0.127. The van der Waals surface area contributed by atoms with Gasteiger partial charge in [0.1, 0.15) is 0 Å². The third kappa shape index (κ3) is 19.3. The zero-order chi connectivity index (χ0) is 5.86. The second-order valence-electron chi connectivity index (χ2n) is 1.24. The van der Waals surface area contributed by atoms with Gasteiger partial charge in [0.2, 0.25) is 11.8 Å². The molecule has 9 heavy (non-hydrogen) atoms. The number of rotatable bonds is 0. The summed E-state index contributed by atoms with van der Waals surface area (Å²) in [6, 6.07) is 0. The van der Waals surface area contributed by atoms with Crippen LogP contribution >= 0.6 is 0 Å². The van der Waals surface area contributed by atoms with E-state index in [0.29, 0.717) is 0 Å². The van der Waals surface area contributed by atoms with Crippen LogP contribution in [-0.2, 0) is 9.59 Å². The number of nitrogens with one attached hydrogen (secondary N) is 1. The van der Waals surface area contributed by atoms with Gasteiger partial charge in [0.15, 0.2) is 0 Å². The van der Waals surface area contributed by atoms with Crippen LogP contribution in [0.15, 0.2) is 0 Å². The second kappa shape index (κ2) is 7.06. The normalized spacial score (nSPS) is 6.00. The molecule has 0 saturated heterocycles. The zero-order valence-electron chi connectivity index (χ0n) is 5.32. The molecule has 0 spiro atoms. The topological polar surface area (TPSA) is 109 Å². The van der Waals surface area contributed by atoms with Crippen molar-refractivity contribution in [2.45, 2.75) is 13.8 Å². The van der Waals surface area contributed by atoms with E-state index in [4.69, 9.17) is 0 Å². The molecule has 0 bridgehead atoms. The number of carbonyl (C=O) groups is 2. The zero-order valence-corrected chi connectivity index (χ0v) is 5.32. The minimum Gasteiger partial charge on any atom is -0.412 e. The summed E-state index contributed by atoms with van der Waals surface area (Å²) in [4.78, 5) is 19.8. The predicted octanol–water partition coefficient (Wildman–Crippen LogP) is -1.98. The van der Waals surface area contributed by atoms with E-state index in [-0.39, 0.29) is 22.8 Å². The molecule has 0 fully saturated rings. The summed E-state index contributed by atoms with van der Waals surface area (Å²) >= 11 is 0. The highest BCUT2D eigenvalue weighted by Crippen LogP contribution is 1.58. The molecule has 0 aromatic carbocycles. The van der Waals surface area contributed by atoms with Crippen molar-refractivity contribution >= 4 is 11.8 Å². The molecule has 0 heterocycles. The molecule has 0 unspecified atom stereocenters. The summed E-state index contributed by atoms with van der Waals surface area (Å²) in [5, 5.41) is 2.03. The van der Waals surface area contributed by atoms with Gasteiger partial charge in [0.25, 0.3) is 0 Å². The van der Waals surface area contributed by atoms with E-state index in [1.807, 2.05) is 5.32 Å². The van der Waals surface area contributed by atoms with Gasteiger partial charge in [-0.15, -0.1) is 0 Å². The lowest BCUT2D eigenvalue weighted by atomic mass is 10.6. The Hall–Kier alpha value is -0.940. The van der Waals surface area contributed by atoms with E-state index in [1.54, 1.807) is 0 Å². The molecule has 0 aromatic rings. The molecule has 2 amide bonds. The highest BCUT2D eigenvalue weighted by molar-refractivity contribution is 5.92. The summed E-state index contributed by atoms with van der Waals surface area (Å²) in [5.41, 5.74) is 0. The van der Waals surface area contributed by atoms with E-state index in [0.717, 1.165) is 0 Å². The highest BCUT2D eigenvalue weighted by Gasteiger charge is 1.90. The first-order chi connectivity index (χ1) is 3.13. The van der Waals surface area contributed by atoms with Crippen molar-refractivity contribution in [1.82, 2.24) is 5.32 Å². The van der Waals surface area contributed by atoms with Crippen molar-refractivity contribution in [3.8, 4) is 0 Å². The van der Waals surface area contributed by atoms with Crippen molar-refractivity contribution < 1.29 is 20.5 Å². The summed E-state index contributed by atoms with van der Waals surface area (Å²) in [7, 11) is 0. The van der Waals surface area contributed by atoms with Crippen molar-refractivity contribution in [2.24, 2.45) is 0 Å². The average Bonchev–Trinajstić information content (AvgIpc) is 1.27. The van der Waals surface area contributed by atoms with Crippen LogP contribution in [0.1, 0.15) is 13.8 Å². The smallest absolute Gasteiger partial charge is 0.223 e. The molecule has 0 saturated carbocycles. The molecule has 0 atom stereocenters. The Bertz CT molecular complexity index is 88.7.